The number of aromatic nitrogens is 1. The lowest BCUT2D eigenvalue weighted by Gasteiger charge is -2.16. The number of amides is 1. The van der Waals surface area contributed by atoms with Crippen LogP contribution in [0.3, 0.4) is 0 Å². The number of rotatable bonds is 6. The number of benzene rings is 1. The van der Waals surface area contributed by atoms with E-state index in [1.54, 1.807) is 19.0 Å². The minimum atomic E-state index is -0.0111. The van der Waals surface area contributed by atoms with Gasteiger partial charge in [-0.25, -0.2) is 0 Å². The number of para-hydroxylation sites is 1. The van der Waals surface area contributed by atoms with Gasteiger partial charge >= 0.3 is 0 Å². The van der Waals surface area contributed by atoms with Gasteiger partial charge in [0.1, 0.15) is 17.0 Å². The second-order valence-electron chi connectivity index (χ2n) is 6.62. The number of H-pyrrole nitrogens is 1. The van der Waals surface area contributed by atoms with E-state index in [9.17, 15) is 4.79 Å². The summed E-state index contributed by atoms with van der Waals surface area (Å²) in [6.45, 7) is 3.66. The number of furan rings is 1. The Morgan fingerprint density at radius 3 is 2.56 bits per heavy atom. The van der Waals surface area contributed by atoms with E-state index >= 15 is 0 Å². The molecule has 5 nitrogen and oxygen atoms in total. The molecule has 2 aromatic heterocycles. The normalized spacial score (nSPS) is 11.4. The van der Waals surface area contributed by atoms with E-state index in [-0.39, 0.29) is 5.91 Å². The van der Waals surface area contributed by atoms with Gasteiger partial charge in [0.2, 0.25) is 0 Å². The molecule has 2 heterocycles. The Labute approximate surface area is 148 Å². The van der Waals surface area contributed by atoms with E-state index in [0.717, 1.165) is 36.5 Å². The maximum Gasteiger partial charge on any atom is 0.269 e. The van der Waals surface area contributed by atoms with Gasteiger partial charge in [0, 0.05) is 50.2 Å². The van der Waals surface area contributed by atoms with Gasteiger partial charge in [0.15, 0.2) is 0 Å². The van der Waals surface area contributed by atoms with Crippen LogP contribution >= 0.6 is 0 Å². The van der Waals surface area contributed by atoms with Crippen LogP contribution in [0.1, 0.15) is 34.4 Å². The van der Waals surface area contributed by atoms with Crippen molar-refractivity contribution in [3.05, 3.63) is 59.1 Å². The number of nitrogens with one attached hydrogen (secondary N) is 1. The van der Waals surface area contributed by atoms with E-state index in [0.29, 0.717) is 5.69 Å². The fraction of sp³-hybridized carbons (Fsp3) is 0.350. The molecule has 1 amide bonds. The van der Waals surface area contributed by atoms with Gasteiger partial charge in [0.05, 0.1) is 0 Å². The van der Waals surface area contributed by atoms with Crippen LogP contribution < -0.4 is 0 Å². The Balaban J connectivity index is 1.75. The van der Waals surface area contributed by atoms with Crippen molar-refractivity contribution in [2.45, 2.75) is 26.4 Å². The Morgan fingerprint density at radius 2 is 1.84 bits per heavy atom. The van der Waals surface area contributed by atoms with E-state index in [1.165, 1.54) is 10.9 Å². The van der Waals surface area contributed by atoms with Gasteiger partial charge in [-0.2, -0.15) is 0 Å². The fourth-order valence-corrected chi connectivity index (χ4v) is 3.12. The number of carbonyl (C=O) groups excluding carboxylic acids is 1. The van der Waals surface area contributed by atoms with Crippen LogP contribution in [-0.4, -0.2) is 41.8 Å². The number of hydrogen-bond acceptors (Lipinski definition) is 3. The van der Waals surface area contributed by atoms with Gasteiger partial charge in [-0.15, -0.1) is 0 Å². The molecule has 25 heavy (non-hydrogen) atoms. The molecule has 0 aliphatic carbocycles. The van der Waals surface area contributed by atoms with Crippen molar-refractivity contribution in [2.24, 2.45) is 0 Å². The van der Waals surface area contributed by atoms with Crippen LogP contribution in [0.15, 0.2) is 40.8 Å². The minimum Gasteiger partial charge on any atom is -0.461 e. The lowest BCUT2D eigenvalue weighted by molar-refractivity contribution is 0.0822. The summed E-state index contributed by atoms with van der Waals surface area (Å²) in [4.78, 5) is 19.0. The van der Waals surface area contributed by atoms with Gasteiger partial charge in [-0.3, -0.25) is 9.69 Å². The summed E-state index contributed by atoms with van der Waals surface area (Å²) in [7, 11) is 5.59. The average molecular weight is 339 g/mol. The maximum absolute atomic E-state index is 12.0. The molecular weight excluding hydrogens is 314 g/mol. The molecule has 0 bridgehead atoms. The largest absolute Gasteiger partial charge is 0.461 e. The first-order valence-electron chi connectivity index (χ1n) is 8.57. The quantitative estimate of drug-likeness (QED) is 0.746. The highest BCUT2D eigenvalue weighted by Crippen LogP contribution is 2.27. The standard InChI is InChI=1S/C20H25N3O2/c1-5-18-16(15-8-6-7-9-19(15)25-18)13-23(4)12-14-10-11-17(21-14)20(24)22(2)3/h6-11,21H,5,12-13H2,1-4H3. The molecule has 3 rings (SSSR count). The zero-order valence-electron chi connectivity index (χ0n) is 15.3. The summed E-state index contributed by atoms with van der Waals surface area (Å²) in [6.07, 6.45) is 0.877. The van der Waals surface area contributed by atoms with Crippen molar-refractivity contribution in [2.75, 3.05) is 21.1 Å². The first kappa shape index (κ1) is 17.3. The number of aromatic amines is 1. The molecule has 1 N–H and O–H groups in total. The van der Waals surface area contributed by atoms with Crippen LogP contribution in [0, 0.1) is 0 Å². The molecule has 0 unspecified atom stereocenters. The first-order chi connectivity index (χ1) is 12.0. The van der Waals surface area contributed by atoms with Crippen molar-refractivity contribution in [1.82, 2.24) is 14.8 Å². The summed E-state index contributed by atoms with van der Waals surface area (Å²) in [5, 5.41) is 1.18. The van der Waals surface area contributed by atoms with E-state index in [4.69, 9.17) is 4.42 Å². The van der Waals surface area contributed by atoms with Gasteiger partial charge in [0.25, 0.3) is 5.91 Å². The summed E-state index contributed by atoms with van der Waals surface area (Å²) in [5.74, 6) is 1.03. The molecule has 0 saturated carbocycles. The van der Waals surface area contributed by atoms with Crippen molar-refractivity contribution in [3.8, 4) is 0 Å². The Bertz CT molecular complexity index is 876. The number of fused-ring (bicyclic) bond motifs is 1. The molecule has 0 spiro atoms. The van der Waals surface area contributed by atoms with E-state index in [1.807, 2.05) is 30.3 Å². The molecule has 0 radical (unpaired) electrons. The molecule has 0 fully saturated rings. The summed E-state index contributed by atoms with van der Waals surface area (Å²) >= 11 is 0. The SMILES string of the molecule is CCc1oc2ccccc2c1CN(C)Cc1ccc(C(=O)N(C)C)[nH]1. The number of nitrogens with zero attached hydrogens (tertiary/aromatic N) is 2. The van der Waals surface area contributed by atoms with Gasteiger partial charge < -0.3 is 14.3 Å². The second-order valence-corrected chi connectivity index (χ2v) is 6.62. The lowest BCUT2D eigenvalue weighted by Crippen LogP contribution is -2.22. The summed E-state index contributed by atoms with van der Waals surface area (Å²) in [6, 6.07) is 12.0. The van der Waals surface area contributed by atoms with E-state index in [2.05, 4.69) is 29.9 Å². The van der Waals surface area contributed by atoms with Crippen molar-refractivity contribution < 1.29 is 9.21 Å². The Hall–Kier alpha value is -2.53. The van der Waals surface area contributed by atoms with Crippen molar-refractivity contribution >= 4 is 16.9 Å². The van der Waals surface area contributed by atoms with Crippen LogP contribution in [0.4, 0.5) is 0 Å². The third kappa shape index (κ3) is 3.61. The number of carbonyl (C=O) groups is 1. The molecule has 132 valence electrons. The lowest BCUT2D eigenvalue weighted by atomic mass is 10.1. The monoisotopic (exact) mass is 339 g/mol. The fourth-order valence-electron chi connectivity index (χ4n) is 3.12. The van der Waals surface area contributed by atoms with Crippen LogP contribution in [0.2, 0.25) is 0 Å². The minimum absolute atomic E-state index is 0.0111. The zero-order valence-corrected chi connectivity index (χ0v) is 15.3. The first-order valence-corrected chi connectivity index (χ1v) is 8.57. The molecule has 5 heteroatoms. The molecule has 3 aromatic rings. The van der Waals surface area contributed by atoms with E-state index < -0.39 is 0 Å². The molecule has 0 aliphatic heterocycles. The molecule has 0 aliphatic rings. The van der Waals surface area contributed by atoms with Crippen LogP contribution in [0.25, 0.3) is 11.0 Å². The predicted molar refractivity (Wildman–Crippen MR) is 99.6 cm³/mol. The maximum atomic E-state index is 12.0. The average Bonchev–Trinajstić information content (AvgIpc) is 3.19. The van der Waals surface area contributed by atoms with Crippen molar-refractivity contribution in [3.63, 3.8) is 0 Å². The van der Waals surface area contributed by atoms with Gasteiger partial charge in [-0.1, -0.05) is 25.1 Å². The number of hydrogen-bond donors (Lipinski definition) is 1. The highest BCUT2D eigenvalue weighted by atomic mass is 16.3. The zero-order chi connectivity index (χ0) is 18.0. The second kappa shape index (κ2) is 7.15. The topological polar surface area (TPSA) is 52.5 Å². The summed E-state index contributed by atoms with van der Waals surface area (Å²) in [5.41, 5.74) is 3.84. The third-order valence-electron chi connectivity index (χ3n) is 4.35. The highest BCUT2D eigenvalue weighted by Gasteiger charge is 2.15. The van der Waals surface area contributed by atoms with Gasteiger partial charge in [-0.05, 0) is 25.2 Å². The smallest absolute Gasteiger partial charge is 0.269 e. The molecular formula is C20H25N3O2. The Kier molecular flexibility index (Phi) is 4.95. The number of aryl methyl sites for hydroxylation is 1. The Morgan fingerprint density at radius 1 is 1.08 bits per heavy atom. The molecule has 0 atom stereocenters. The van der Waals surface area contributed by atoms with Crippen LogP contribution in [0.5, 0.6) is 0 Å². The predicted octanol–water partition coefficient (Wildman–Crippen LogP) is 3.66. The summed E-state index contributed by atoms with van der Waals surface area (Å²) < 4.78 is 5.98. The van der Waals surface area contributed by atoms with Crippen molar-refractivity contribution in [1.29, 1.82) is 0 Å². The third-order valence-corrected chi connectivity index (χ3v) is 4.35. The molecule has 1 aromatic carbocycles. The molecule has 0 saturated heterocycles. The van der Waals surface area contributed by atoms with Crippen LogP contribution in [-0.2, 0) is 19.5 Å². The highest BCUT2D eigenvalue weighted by molar-refractivity contribution is 5.92.